The Bertz CT molecular complexity index is 556. The molecule has 1 saturated heterocycles. The first kappa shape index (κ1) is 17.1. The van der Waals surface area contributed by atoms with Crippen LogP contribution in [0.25, 0.3) is 0 Å². The van der Waals surface area contributed by atoms with Gasteiger partial charge in [-0.1, -0.05) is 6.92 Å². The largest absolute Gasteiger partial charge is 0.497 e. The van der Waals surface area contributed by atoms with Crippen molar-refractivity contribution >= 4 is 17.6 Å². The molecule has 1 fully saturated rings. The standard InChI is InChI=1S/C16H26N6O/c1-3-21-10-4-5-13(21)11-20-16(19)22(15(17)18)12-6-8-14(23-2)9-7-12/h6-9,13H,3-5,10-11H2,1-2H3,(H3,17,18)(H2,19,20). The van der Waals surface area contributed by atoms with E-state index in [0.29, 0.717) is 18.3 Å². The van der Waals surface area contributed by atoms with Crippen LogP contribution in [-0.2, 0) is 0 Å². The molecule has 1 unspecified atom stereocenters. The lowest BCUT2D eigenvalue weighted by molar-refractivity contribution is 0.273. The van der Waals surface area contributed by atoms with E-state index in [1.54, 1.807) is 31.4 Å². The number of hydrogen-bond acceptors (Lipinski definition) is 4. The summed E-state index contributed by atoms with van der Waals surface area (Å²) in [5, 5.41) is 7.78. The highest BCUT2D eigenvalue weighted by Gasteiger charge is 2.23. The first-order valence-electron chi connectivity index (χ1n) is 7.89. The number of likely N-dealkylation sites (N-methyl/N-ethyl adjacent to an activating group) is 1. The minimum absolute atomic E-state index is 0.157. The average Bonchev–Trinajstić information content (AvgIpc) is 3.01. The predicted molar refractivity (Wildman–Crippen MR) is 94.1 cm³/mol. The Hall–Kier alpha value is -2.28. The Balaban J connectivity index is 2.12. The highest BCUT2D eigenvalue weighted by molar-refractivity contribution is 6.15. The van der Waals surface area contributed by atoms with E-state index >= 15 is 0 Å². The molecule has 0 radical (unpaired) electrons. The molecule has 1 aliphatic rings. The first-order chi connectivity index (χ1) is 11.1. The van der Waals surface area contributed by atoms with Crippen LogP contribution in [0.2, 0.25) is 0 Å². The van der Waals surface area contributed by atoms with Gasteiger partial charge in [0.2, 0.25) is 5.96 Å². The predicted octanol–water partition coefficient (Wildman–Crippen LogP) is 1.19. The summed E-state index contributed by atoms with van der Waals surface area (Å²) in [4.78, 5) is 8.31. The zero-order chi connectivity index (χ0) is 16.8. The summed E-state index contributed by atoms with van der Waals surface area (Å²) in [6.07, 6.45) is 2.33. The number of hydrogen-bond donors (Lipinski definition) is 3. The number of ether oxygens (including phenoxy) is 1. The van der Waals surface area contributed by atoms with Gasteiger partial charge in [0.1, 0.15) is 5.75 Å². The van der Waals surface area contributed by atoms with Crippen molar-refractivity contribution in [2.75, 3.05) is 31.6 Å². The molecule has 0 amide bonds. The number of aliphatic imine (C=N–C) groups is 1. The van der Waals surface area contributed by atoms with Crippen molar-refractivity contribution in [2.24, 2.45) is 16.5 Å². The van der Waals surface area contributed by atoms with E-state index in [0.717, 1.165) is 25.3 Å². The van der Waals surface area contributed by atoms with E-state index in [2.05, 4.69) is 16.8 Å². The molecule has 7 heteroatoms. The Morgan fingerprint density at radius 1 is 1.39 bits per heavy atom. The smallest absolute Gasteiger partial charge is 0.202 e. The van der Waals surface area contributed by atoms with E-state index in [9.17, 15) is 0 Å². The molecule has 0 spiro atoms. The molecule has 7 nitrogen and oxygen atoms in total. The van der Waals surface area contributed by atoms with Crippen molar-refractivity contribution in [1.29, 1.82) is 5.41 Å². The molecule has 0 aliphatic carbocycles. The summed E-state index contributed by atoms with van der Waals surface area (Å²) in [5.74, 6) is 0.818. The van der Waals surface area contributed by atoms with Gasteiger partial charge >= 0.3 is 0 Å². The van der Waals surface area contributed by atoms with Crippen LogP contribution >= 0.6 is 0 Å². The number of likely N-dealkylation sites (tertiary alicyclic amines) is 1. The molecule has 5 N–H and O–H groups in total. The number of benzene rings is 1. The molecule has 0 saturated carbocycles. The van der Waals surface area contributed by atoms with Crippen LogP contribution in [0.3, 0.4) is 0 Å². The van der Waals surface area contributed by atoms with Crippen LogP contribution in [0.15, 0.2) is 29.3 Å². The minimum Gasteiger partial charge on any atom is -0.497 e. The molecule has 0 bridgehead atoms. The van der Waals surface area contributed by atoms with Gasteiger partial charge in [-0.3, -0.25) is 20.2 Å². The SMILES string of the molecule is CCN1CCCC1CN=C(N)N(C(=N)N)c1ccc(OC)cc1. The third-order valence-corrected chi connectivity index (χ3v) is 4.17. The van der Waals surface area contributed by atoms with Gasteiger partial charge in [-0.15, -0.1) is 0 Å². The van der Waals surface area contributed by atoms with Crippen LogP contribution in [0.4, 0.5) is 5.69 Å². The van der Waals surface area contributed by atoms with Gasteiger partial charge in [0.25, 0.3) is 0 Å². The quantitative estimate of drug-likeness (QED) is 0.559. The molecule has 0 aromatic heterocycles. The maximum absolute atomic E-state index is 7.78. The number of anilines is 1. The number of nitrogens with two attached hydrogens (primary N) is 2. The van der Waals surface area contributed by atoms with E-state index in [-0.39, 0.29) is 11.9 Å². The highest BCUT2D eigenvalue weighted by Crippen LogP contribution is 2.20. The molecule has 23 heavy (non-hydrogen) atoms. The van der Waals surface area contributed by atoms with Crippen LogP contribution < -0.4 is 21.1 Å². The Labute approximate surface area is 137 Å². The average molecular weight is 318 g/mol. The summed E-state index contributed by atoms with van der Waals surface area (Å²) >= 11 is 0. The zero-order valence-corrected chi connectivity index (χ0v) is 13.8. The molecule has 1 aliphatic heterocycles. The highest BCUT2D eigenvalue weighted by atomic mass is 16.5. The fourth-order valence-corrected chi connectivity index (χ4v) is 2.91. The van der Waals surface area contributed by atoms with Crippen molar-refractivity contribution in [3.8, 4) is 5.75 Å². The number of rotatable bonds is 5. The third kappa shape index (κ3) is 4.13. The molecule has 1 aromatic rings. The Morgan fingerprint density at radius 2 is 2.09 bits per heavy atom. The lowest BCUT2D eigenvalue weighted by Gasteiger charge is -2.24. The maximum Gasteiger partial charge on any atom is 0.202 e. The number of methoxy groups -OCH3 is 1. The van der Waals surface area contributed by atoms with E-state index in [1.165, 1.54) is 11.3 Å². The zero-order valence-electron chi connectivity index (χ0n) is 13.8. The van der Waals surface area contributed by atoms with Gasteiger partial charge in [0, 0.05) is 6.04 Å². The van der Waals surface area contributed by atoms with Gasteiger partial charge in [0.05, 0.1) is 19.3 Å². The normalized spacial score (nSPS) is 18.9. The summed E-state index contributed by atoms with van der Waals surface area (Å²) < 4.78 is 5.14. The van der Waals surface area contributed by atoms with Gasteiger partial charge in [-0.2, -0.15) is 0 Å². The van der Waals surface area contributed by atoms with Gasteiger partial charge in [-0.25, -0.2) is 0 Å². The molecular weight excluding hydrogens is 292 g/mol. The number of nitrogens with zero attached hydrogens (tertiary/aromatic N) is 3. The van der Waals surface area contributed by atoms with Crippen LogP contribution in [0.5, 0.6) is 5.75 Å². The van der Waals surface area contributed by atoms with Crippen LogP contribution in [-0.4, -0.2) is 49.6 Å². The third-order valence-electron chi connectivity index (χ3n) is 4.17. The second-order valence-corrected chi connectivity index (χ2v) is 5.54. The second kappa shape index (κ2) is 7.82. The van der Waals surface area contributed by atoms with Gasteiger partial charge in [-0.05, 0) is 50.2 Å². The van der Waals surface area contributed by atoms with Crippen LogP contribution in [0.1, 0.15) is 19.8 Å². The van der Waals surface area contributed by atoms with E-state index < -0.39 is 0 Å². The fraction of sp³-hybridized carbons (Fsp3) is 0.500. The summed E-state index contributed by atoms with van der Waals surface area (Å²) in [5.41, 5.74) is 12.5. The molecule has 1 aromatic carbocycles. The van der Waals surface area contributed by atoms with Crippen molar-refractivity contribution in [3.63, 3.8) is 0 Å². The fourth-order valence-electron chi connectivity index (χ4n) is 2.91. The molecule has 1 heterocycles. The van der Waals surface area contributed by atoms with E-state index in [1.807, 2.05) is 0 Å². The molecular formula is C16H26N6O. The van der Waals surface area contributed by atoms with Crippen molar-refractivity contribution in [2.45, 2.75) is 25.8 Å². The Kier molecular flexibility index (Phi) is 5.81. The topological polar surface area (TPSA) is 104 Å². The second-order valence-electron chi connectivity index (χ2n) is 5.54. The monoisotopic (exact) mass is 318 g/mol. The van der Waals surface area contributed by atoms with Gasteiger partial charge in [0.15, 0.2) is 5.96 Å². The lowest BCUT2D eigenvalue weighted by atomic mass is 10.2. The van der Waals surface area contributed by atoms with Crippen molar-refractivity contribution < 1.29 is 4.74 Å². The summed E-state index contributed by atoms with van der Waals surface area (Å²) in [6, 6.07) is 7.62. The van der Waals surface area contributed by atoms with Crippen molar-refractivity contribution in [1.82, 2.24) is 4.90 Å². The first-order valence-corrected chi connectivity index (χ1v) is 7.89. The molecule has 126 valence electrons. The maximum atomic E-state index is 7.78. The van der Waals surface area contributed by atoms with E-state index in [4.69, 9.17) is 21.6 Å². The minimum atomic E-state index is -0.157. The number of guanidine groups is 2. The summed E-state index contributed by atoms with van der Waals surface area (Å²) in [6.45, 7) is 4.92. The number of nitrogens with one attached hydrogen (secondary N) is 1. The van der Waals surface area contributed by atoms with Crippen molar-refractivity contribution in [3.05, 3.63) is 24.3 Å². The van der Waals surface area contributed by atoms with Gasteiger partial charge < -0.3 is 16.2 Å². The summed E-state index contributed by atoms with van der Waals surface area (Å²) in [7, 11) is 1.61. The molecule has 2 rings (SSSR count). The van der Waals surface area contributed by atoms with Crippen LogP contribution in [0, 0.1) is 5.41 Å². The lowest BCUT2D eigenvalue weighted by Crippen LogP contribution is -2.46. The molecule has 1 atom stereocenters. The Morgan fingerprint density at radius 3 is 2.65 bits per heavy atom.